The van der Waals surface area contributed by atoms with Crippen LogP contribution in [0.2, 0.25) is 0 Å². The summed E-state index contributed by atoms with van der Waals surface area (Å²) in [6, 6.07) is 0. The van der Waals surface area contributed by atoms with Crippen molar-refractivity contribution in [3.63, 3.8) is 0 Å². The molecule has 0 saturated carbocycles. The summed E-state index contributed by atoms with van der Waals surface area (Å²) >= 11 is 0. The maximum atomic E-state index is 12.4. The second-order valence-electron chi connectivity index (χ2n) is 4.93. The predicted octanol–water partition coefficient (Wildman–Crippen LogP) is 2.41. The standard InChI is InChI=1S/C14H25NO2/c1-5-12(3)11-13(16)14(4,6-2)15-7-9-17-10-8-15/h3,5-11H2,1-2,4H3. The van der Waals surface area contributed by atoms with E-state index in [0.29, 0.717) is 12.2 Å². The number of nitrogens with zero attached hydrogens (tertiary/aromatic N) is 1. The van der Waals surface area contributed by atoms with Crippen molar-refractivity contribution in [2.75, 3.05) is 26.3 Å². The molecule has 0 aromatic heterocycles. The van der Waals surface area contributed by atoms with Crippen molar-refractivity contribution in [1.82, 2.24) is 4.90 Å². The highest BCUT2D eigenvalue weighted by Gasteiger charge is 2.37. The quantitative estimate of drug-likeness (QED) is 0.667. The molecule has 1 aliphatic heterocycles. The minimum absolute atomic E-state index is 0.300. The van der Waals surface area contributed by atoms with Crippen LogP contribution in [0.3, 0.4) is 0 Å². The van der Waals surface area contributed by atoms with Gasteiger partial charge in [0.2, 0.25) is 0 Å². The zero-order valence-corrected chi connectivity index (χ0v) is 11.4. The van der Waals surface area contributed by atoms with Gasteiger partial charge in [-0.1, -0.05) is 26.0 Å². The number of allylic oxidation sites excluding steroid dienone is 1. The van der Waals surface area contributed by atoms with Crippen molar-refractivity contribution in [3.8, 4) is 0 Å². The number of carbonyl (C=O) groups excluding carboxylic acids is 1. The lowest BCUT2D eigenvalue weighted by atomic mass is 9.86. The van der Waals surface area contributed by atoms with E-state index >= 15 is 0 Å². The first-order chi connectivity index (χ1) is 8.04. The van der Waals surface area contributed by atoms with Crippen LogP contribution < -0.4 is 0 Å². The van der Waals surface area contributed by atoms with E-state index in [0.717, 1.165) is 44.7 Å². The summed E-state index contributed by atoms with van der Waals surface area (Å²) < 4.78 is 5.35. The molecule has 0 bridgehead atoms. The fourth-order valence-corrected chi connectivity index (χ4v) is 2.20. The van der Waals surface area contributed by atoms with Gasteiger partial charge in [0.1, 0.15) is 0 Å². The average Bonchev–Trinajstić information content (AvgIpc) is 2.38. The molecule has 3 heteroatoms. The van der Waals surface area contributed by atoms with Crippen LogP contribution in [0.15, 0.2) is 12.2 Å². The van der Waals surface area contributed by atoms with E-state index in [-0.39, 0.29) is 5.54 Å². The Labute approximate surface area is 105 Å². The zero-order chi connectivity index (χ0) is 12.9. The maximum absolute atomic E-state index is 12.4. The number of hydrogen-bond acceptors (Lipinski definition) is 3. The first kappa shape index (κ1) is 14.4. The highest BCUT2D eigenvalue weighted by Crippen LogP contribution is 2.25. The van der Waals surface area contributed by atoms with Crippen molar-refractivity contribution in [2.24, 2.45) is 0 Å². The Morgan fingerprint density at radius 2 is 1.94 bits per heavy atom. The molecule has 0 amide bonds. The Morgan fingerprint density at radius 1 is 1.35 bits per heavy atom. The van der Waals surface area contributed by atoms with Crippen LogP contribution in [0.25, 0.3) is 0 Å². The number of carbonyl (C=O) groups is 1. The molecule has 1 aliphatic rings. The van der Waals surface area contributed by atoms with Gasteiger partial charge in [-0.3, -0.25) is 9.69 Å². The maximum Gasteiger partial charge on any atom is 0.156 e. The Morgan fingerprint density at radius 3 is 2.41 bits per heavy atom. The second-order valence-corrected chi connectivity index (χ2v) is 4.93. The van der Waals surface area contributed by atoms with Crippen LogP contribution in [0.5, 0.6) is 0 Å². The topological polar surface area (TPSA) is 29.5 Å². The minimum Gasteiger partial charge on any atom is -0.379 e. The second kappa shape index (κ2) is 6.31. The molecule has 0 aromatic rings. The molecule has 1 fully saturated rings. The van der Waals surface area contributed by atoms with E-state index in [2.05, 4.69) is 25.3 Å². The Kier molecular flexibility index (Phi) is 5.34. The Hall–Kier alpha value is -0.670. The van der Waals surface area contributed by atoms with Crippen molar-refractivity contribution in [3.05, 3.63) is 12.2 Å². The van der Waals surface area contributed by atoms with Crippen LogP contribution in [-0.2, 0) is 9.53 Å². The van der Waals surface area contributed by atoms with Gasteiger partial charge in [-0.15, -0.1) is 0 Å². The molecule has 0 N–H and O–H groups in total. The van der Waals surface area contributed by atoms with Gasteiger partial charge in [0, 0.05) is 19.5 Å². The Balaban J connectivity index is 2.71. The van der Waals surface area contributed by atoms with E-state index in [1.54, 1.807) is 0 Å². The molecule has 0 aliphatic carbocycles. The largest absolute Gasteiger partial charge is 0.379 e. The van der Waals surface area contributed by atoms with Gasteiger partial charge in [0.25, 0.3) is 0 Å². The number of Topliss-reactive ketones (excluding diaryl/α,β-unsaturated/α-hetero) is 1. The van der Waals surface area contributed by atoms with Crippen molar-refractivity contribution < 1.29 is 9.53 Å². The molecule has 0 radical (unpaired) electrons. The van der Waals surface area contributed by atoms with Crippen molar-refractivity contribution >= 4 is 5.78 Å². The van der Waals surface area contributed by atoms with Crippen LogP contribution in [0.4, 0.5) is 0 Å². The smallest absolute Gasteiger partial charge is 0.156 e. The summed E-state index contributed by atoms with van der Waals surface area (Å²) in [6.07, 6.45) is 2.25. The molecule has 1 rings (SSSR count). The predicted molar refractivity (Wildman–Crippen MR) is 70.1 cm³/mol. The fraction of sp³-hybridized carbons (Fsp3) is 0.786. The van der Waals surface area contributed by atoms with Crippen LogP contribution >= 0.6 is 0 Å². The number of hydrogen-bond donors (Lipinski definition) is 0. The van der Waals surface area contributed by atoms with Gasteiger partial charge in [-0.05, 0) is 19.8 Å². The van der Waals surface area contributed by atoms with E-state index in [1.807, 2.05) is 6.92 Å². The highest BCUT2D eigenvalue weighted by atomic mass is 16.5. The molecule has 1 atom stereocenters. The molecule has 0 spiro atoms. The summed E-state index contributed by atoms with van der Waals surface area (Å²) in [5, 5.41) is 0. The first-order valence-corrected chi connectivity index (χ1v) is 6.57. The molecule has 1 heterocycles. The minimum atomic E-state index is -0.345. The van der Waals surface area contributed by atoms with Gasteiger partial charge in [0.05, 0.1) is 18.8 Å². The summed E-state index contributed by atoms with van der Waals surface area (Å²) in [5.74, 6) is 0.300. The lowest BCUT2D eigenvalue weighted by molar-refractivity contribution is -0.133. The molecule has 1 saturated heterocycles. The monoisotopic (exact) mass is 239 g/mol. The van der Waals surface area contributed by atoms with E-state index in [4.69, 9.17) is 4.74 Å². The molecular weight excluding hydrogens is 214 g/mol. The summed E-state index contributed by atoms with van der Waals surface area (Å²) in [5.41, 5.74) is 0.685. The van der Waals surface area contributed by atoms with Gasteiger partial charge >= 0.3 is 0 Å². The van der Waals surface area contributed by atoms with Gasteiger partial charge in [-0.25, -0.2) is 0 Å². The third-order valence-electron chi connectivity index (χ3n) is 3.91. The van der Waals surface area contributed by atoms with Crippen molar-refractivity contribution in [2.45, 2.75) is 45.6 Å². The van der Waals surface area contributed by atoms with Crippen LogP contribution in [-0.4, -0.2) is 42.5 Å². The molecule has 3 nitrogen and oxygen atoms in total. The first-order valence-electron chi connectivity index (χ1n) is 6.57. The van der Waals surface area contributed by atoms with Crippen LogP contribution in [0, 0.1) is 0 Å². The molecule has 0 aromatic carbocycles. The SMILES string of the molecule is C=C(CC)CC(=O)C(C)(CC)N1CCOCC1. The van der Waals surface area contributed by atoms with E-state index in [1.165, 1.54) is 0 Å². The number of rotatable bonds is 6. The summed E-state index contributed by atoms with van der Waals surface area (Å²) in [6.45, 7) is 13.3. The molecule has 17 heavy (non-hydrogen) atoms. The van der Waals surface area contributed by atoms with Crippen LogP contribution in [0.1, 0.15) is 40.0 Å². The number of morpholine rings is 1. The molecule has 1 unspecified atom stereocenters. The van der Waals surface area contributed by atoms with Crippen molar-refractivity contribution in [1.29, 1.82) is 0 Å². The average molecular weight is 239 g/mol. The molecule has 98 valence electrons. The van der Waals surface area contributed by atoms with Gasteiger partial charge in [0.15, 0.2) is 5.78 Å². The lowest BCUT2D eigenvalue weighted by Gasteiger charge is -2.41. The lowest BCUT2D eigenvalue weighted by Crippen LogP contribution is -2.56. The van der Waals surface area contributed by atoms with Gasteiger partial charge in [-0.2, -0.15) is 0 Å². The summed E-state index contributed by atoms with van der Waals surface area (Å²) in [7, 11) is 0. The summed E-state index contributed by atoms with van der Waals surface area (Å²) in [4.78, 5) is 14.7. The molecular formula is C14H25NO2. The zero-order valence-electron chi connectivity index (χ0n) is 11.4. The fourth-order valence-electron chi connectivity index (χ4n) is 2.20. The van der Waals surface area contributed by atoms with E-state index in [9.17, 15) is 4.79 Å². The number of ketones is 1. The third-order valence-corrected chi connectivity index (χ3v) is 3.91. The highest BCUT2D eigenvalue weighted by molar-refractivity contribution is 5.89. The van der Waals surface area contributed by atoms with Gasteiger partial charge < -0.3 is 4.74 Å². The normalized spacial score (nSPS) is 20.9. The Bertz CT molecular complexity index is 282. The van der Waals surface area contributed by atoms with E-state index < -0.39 is 0 Å². The third kappa shape index (κ3) is 3.39. The number of ether oxygens (including phenoxy) is 1.